The van der Waals surface area contributed by atoms with Gasteiger partial charge in [0.25, 0.3) is 0 Å². The van der Waals surface area contributed by atoms with Gasteiger partial charge in [0.1, 0.15) is 13.2 Å². The maximum Gasteiger partial charge on any atom is 0.306 e. The van der Waals surface area contributed by atoms with Gasteiger partial charge in [-0.15, -0.1) is 0 Å². The molecule has 0 aromatic heterocycles. The van der Waals surface area contributed by atoms with Crippen LogP contribution in [-0.4, -0.2) is 82.3 Å². The smallest absolute Gasteiger partial charge is 0.306 e. The van der Waals surface area contributed by atoms with Gasteiger partial charge in [0.15, 0.2) is 12.4 Å². The molecule has 0 spiro atoms. The van der Waals surface area contributed by atoms with Crippen LogP contribution in [0.3, 0.4) is 0 Å². The Bertz CT molecular complexity index is 1250. The van der Waals surface area contributed by atoms with Gasteiger partial charge in [-0.1, -0.05) is 249 Å². The molecule has 0 fully saturated rings. The van der Waals surface area contributed by atoms with Crippen molar-refractivity contribution in [1.29, 1.82) is 0 Å². The maximum absolute atomic E-state index is 12.7. The van der Waals surface area contributed by atoms with Gasteiger partial charge in [-0.05, 0) is 38.5 Å². The molecule has 396 valence electrons. The highest BCUT2D eigenvalue weighted by Crippen LogP contribution is 2.17. The van der Waals surface area contributed by atoms with Crippen molar-refractivity contribution < 1.29 is 42.9 Å². The third-order valence-corrected chi connectivity index (χ3v) is 12.4. The average molecular weight is 959 g/mol. The van der Waals surface area contributed by atoms with E-state index in [-0.39, 0.29) is 38.6 Å². The third-order valence-electron chi connectivity index (χ3n) is 12.4. The van der Waals surface area contributed by atoms with E-state index in [0.29, 0.717) is 17.4 Å². The van der Waals surface area contributed by atoms with Crippen LogP contribution in [0.1, 0.15) is 251 Å². The summed E-state index contributed by atoms with van der Waals surface area (Å²) >= 11 is 0. The molecule has 0 aliphatic carbocycles. The first kappa shape index (κ1) is 65.2. The summed E-state index contributed by atoms with van der Waals surface area (Å²) in [5.41, 5.74) is 0. The molecule has 2 unspecified atom stereocenters. The topological polar surface area (TPSA) is 111 Å². The van der Waals surface area contributed by atoms with Crippen molar-refractivity contribution in [2.75, 3.05) is 47.5 Å². The Morgan fingerprint density at radius 2 is 0.838 bits per heavy atom. The SMILES string of the molecule is CC/C=C\C/C=C\C/C=C\C/C=C\CCC(=O)OC(COC(=O)CCCCCCCCCCCCCCCCCCCCCCCCCCCCCCCC)COC(OCC[N+](C)(C)C)C(=O)[O-]. The molecule has 0 rings (SSSR count). The van der Waals surface area contributed by atoms with Crippen LogP contribution < -0.4 is 5.11 Å². The van der Waals surface area contributed by atoms with Crippen LogP contribution in [0.15, 0.2) is 48.6 Å². The number of likely N-dealkylation sites (N-methyl/N-ethyl adjacent to an activating group) is 1. The highest BCUT2D eigenvalue weighted by atomic mass is 16.7. The lowest BCUT2D eigenvalue weighted by Crippen LogP contribution is -2.44. The molecule has 0 aromatic rings. The first-order valence-electron chi connectivity index (χ1n) is 28.3. The number of carboxylic acid groups (broad SMARTS) is 1. The Kier molecular flexibility index (Phi) is 48.6. The number of hydrogen-bond donors (Lipinski definition) is 0. The Balaban J connectivity index is 4.10. The number of unbranched alkanes of at least 4 members (excludes halogenated alkanes) is 29. The Morgan fingerprint density at radius 1 is 0.456 bits per heavy atom. The quantitative estimate of drug-likeness (QED) is 0.0195. The molecule has 0 heterocycles. The lowest BCUT2D eigenvalue weighted by molar-refractivity contribution is -0.870. The molecule has 0 saturated carbocycles. The first-order chi connectivity index (χ1) is 33.1. The van der Waals surface area contributed by atoms with Gasteiger partial charge in [0.2, 0.25) is 0 Å². The minimum atomic E-state index is -1.64. The predicted molar refractivity (Wildman–Crippen MR) is 283 cm³/mol. The predicted octanol–water partition coefficient (Wildman–Crippen LogP) is 15.0. The number of ether oxygens (including phenoxy) is 4. The second kappa shape index (κ2) is 50.6. The number of rotatable bonds is 52. The third kappa shape index (κ3) is 51.1. The summed E-state index contributed by atoms with van der Waals surface area (Å²) in [6.07, 6.45) is 59.3. The van der Waals surface area contributed by atoms with Gasteiger partial charge in [-0.3, -0.25) is 9.59 Å². The van der Waals surface area contributed by atoms with Crippen molar-refractivity contribution in [3.63, 3.8) is 0 Å². The fourth-order valence-corrected chi connectivity index (χ4v) is 8.02. The number of quaternary nitrogens is 1. The van der Waals surface area contributed by atoms with Gasteiger partial charge >= 0.3 is 11.9 Å². The summed E-state index contributed by atoms with van der Waals surface area (Å²) in [5, 5.41) is 11.7. The number of carboxylic acids is 1. The van der Waals surface area contributed by atoms with Crippen molar-refractivity contribution in [2.24, 2.45) is 0 Å². The van der Waals surface area contributed by atoms with E-state index in [2.05, 4.69) is 50.3 Å². The van der Waals surface area contributed by atoms with Gasteiger partial charge in [0.05, 0.1) is 40.3 Å². The van der Waals surface area contributed by atoms with E-state index < -0.39 is 24.3 Å². The van der Waals surface area contributed by atoms with Gasteiger partial charge in [-0.2, -0.15) is 0 Å². The summed E-state index contributed by atoms with van der Waals surface area (Å²) < 4.78 is 22.5. The fraction of sp³-hybridized carbons (Fsp3) is 0.814. The van der Waals surface area contributed by atoms with Crippen molar-refractivity contribution in [3.8, 4) is 0 Å². The van der Waals surface area contributed by atoms with E-state index in [0.717, 1.165) is 44.9 Å². The fourth-order valence-electron chi connectivity index (χ4n) is 8.02. The molecular formula is C59H107NO8. The molecule has 68 heavy (non-hydrogen) atoms. The summed E-state index contributed by atoms with van der Waals surface area (Å²) in [7, 11) is 5.89. The van der Waals surface area contributed by atoms with Crippen LogP contribution in [0.25, 0.3) is 0 Å². The minimum absolute atomic E-state index is 0.127. The number of esters is 2. The average Bonchev–Trinajstić information content (AvgIpc) is 3.30. The van der Waals surface area contributed by atoms with E-state index in [1.807, 2.05) is 33.3 Å². The van der Waals surface area contributed by atoms with Crippen LogP contribution in [0.2, 0.25) is 0 Å². The van der Waals surface area contributed by atoms with Crippen molar-refractivity contribution in [3.05, 3.63) is 48.6 Å². The number of carbonyl (C=O) groups is 3. The van der Waals surface area contributed by atoms with Crippen molar-refractivity contribution in [1.82, 2.24) is 0 Å². The van der Waals surface area contributed by atoms with Crippen LogP contribution in [-0.2, 0) is 33.3 Å². The monoisotopic (exact) mass is 958 g/mol. The molecule has 0 aliphatic rings. The number of hydrogen-bond acceptors (Lipinski definition) is 8. The Labute approximate surface area is 419 Å². The second-order valence-electron chi connectivity index (χ2n) is 20.2. The van der Waals surface area contributed by atoms with Gasteiger partial charge < -0.3 is 33.3 Å². The maximum atomic E-state index is 12.7. The molecule has 0 N–H and O–H groups in total. The molecule has 0 aliphatic heterocycles. The zero-order chi connectivity index (χ0) is 49.9. The van der Waals surface area contributed by atoms with Crippen LogP contribution >= 0.6 is 0 Å². The highest BCUT2D eigenvalue weighted by Gasteiger charge is 2.21. The van der Waals surface area contributed by atoms with E-state index in [1.54, 1.807) is 0 Å². The summed E-state index contributed by atoms with van der Waals surface area (Å²) in [6.45, 7) is 4.57. The minimum Gasteiger partial charge on any atom is -0.545 e. The highest BCUT2D eigenvalue weighted by molar-refractivity contribution is 5.70. The molecule has 0 radical (unpaired) electrons. The summed E-state index contributed by atoms with van der Waals surface area (Å²) in [6, 6.07) is 0. The summed E-state index contributed by atoms with van der Waals surface area (Å²) in [4.78, 5) is 37.1. The van der Waals surface area contributed by atoms with Gasteiger partial charge in [-0.25, -0.2) is 0 Å². The second-order valence-corrected chi connectivity index (χ2v) is 20.2. The van der Waals surface area contributed by atoms with Crippen LogP contribution in [0.4, 0.5) is 0 Å². The molecule has 0 aromatic carbocycles. The summed E-state index contributed by atoms with van der Waals surface area (Å²) in [5.74, 6) is -2.38. The van der Waals surface area contributed by atoms with E-state index in [4.69, 9.17) is 18.9 Å². The van der Waals surface area contributed by atoms with Crippen LogP contribution in [0, 0.1) is 0 Å². The Hall–Kier alpha value is -2.75. The van der Waals surface area contributed by atoms with E-state index in [9.17, 15) is 19.5 Å². The molecule has 0 amide bonds. The zero-order valence-electron chi connectivity index (χ0n) is 45.0. The number of aliphatic carboxylic acids is 1. The van der Waals surface area contributed by atoms with Crippen molar-refractivity contribution >= 4 is 17.9 Å². The normalized spacial score (nSPS) is 13.1. The molecule has 2 atom stereocenters. The van der Waals surface area contributed by atoms with Crippen LogP contribution in [0.5, 0.6) is 0 Å². The van der Waals surface area contributed by atoms with E-state index >= 15 is 0 Å². The van der Waals surface area contributed by atoms with Gasteiger partial charge in [0, 0.05) is 12.8 Å². The first-order valence-corrected chi connectivity index (χ1v) is 28.3. The number of nitrogens with zero attached hydrogens (tertiary/aromatic N) is 1. The lowest BCUT2D eigenvalue weighted by Gasteiger charge is -2.26. The Morgan fingerprint density at radius 3 is 1.22 bits per heavy atom. The molecule has 9 heteroatoms. The number of allylic oxidation sites excluding steroid dienone is 8. The molecule has 0 bridgehead atoms. The molecule has 9 nitrogen and oxygen atoms in total. The lowest BCUT2D eigenvalue weighted by atomic mass is 10.0. The number of carbonyl (C=O) groups excluding carboxylic acids is 3. The molecular weight excluding hydrogens is 851 g/mol. The zero-order valence-corrected chi connectivity index (χ0v) is 45.0. The standard InChI is InChI=1S/C59H107NO8/c1-6-8-10-12-14-16-18-20-21-22-23-24-25-26-27-28-29-30-31-32-33-34-35-36-38-39-41-43-45-47-49-56(61)66-53-55(54-67-59(58(63)64)65-52-51-60(3,4)5)68-57(62)50-48-46-44-42-40-37-19-17-15-13-11-9-7-2/h9,11,15,17,37,40,44,46,55,59H,6-8,10,12-14,16,18-36,38-39,41-43,45,47-54H2,1-5H3/b11-9-,17-15-,40-37-,46-44-. The van der Waals surface area contributed by atoms with E-state index in [1.165, 1.54) is 173 Å². The van der Waals surface area contributed by atoms with Crippen molar-refractivity contribution in [2.45, 2.75) is 264 Å². The molecule has 0 saturated heterocycles. The largest absolute Gasteiger partial charge is 0.545 e.